The second-order valence-corrected chi connectivity index (χ2v) is 6.21. The largest absolute Gasteiger partial charge is 0.450 e. The molecule has 3 N–H and O–H groups in total. The molecular formula is C20H21N3O4. The van der Waals surface area contributed by atoms with Gasteiger partial charge in [-0.1, -0.05) is 6.07 Å². The van der Waals surface area contributed by atoms with E-state index in [4.69, 9.17) is 4.74 Å². The van der Waals surface area contributed by atoms with Gasteiger partial charge in [-0.3, -0.25) is 14.9 Å². The zero-order valence-corrected chi connectivity index (χ0v) is 15.0. The number of carbonyl (C=O) groups is 3. The summed E-state index contributed by atoms with van der Waals surface area (Å²) in [5.41, 5.74) is 2.01. The van der Waals surface area contributed by atoms with Crippen LogP contribution >= 0.6 is 0 Å². The van der Waals surface area contributed by atoms with Crippen LogP contribution in [-0.2, 0) is 4.74 Å². The normalized spacial score (nSPS) is 12.8. The van der Waals surface area contributed by atoms with Crippen LogP contribution in [0.15, 0.2) is 48.5 Å². The summed E-state index contributed by atoms with van der Waals surface area (Å²) in [5.74, 6) is -0.444. The fraction of sp³-hybridized carbons (Fsp3) is 0.250. The molecule has 0 atom stereocenters. The maximum Gasteiger partial charge on any atom is 0.411 e. The molecule has 1 fully saturated rings. The molecular weight excluding hydrogens is 346 g/mol. The van der Waals surface area contributed by atoms with Crippen LogP contribution in [-0.4, -0.2) is 30.6 Å². The van der Waals surface area contributed by atoms with E-state index in [1.54, 1.807) is 55.5 Å². The zero-order valence-electron chi connectivity index (χ0n) is 15.0. The van der Waals surface area contributed by atoms with Crippen molar-refractivity contribution in [2.45, 2.75) is 25.8 Å². The van der Waals surface area contributed by atoms with Gasteiger partial charge in [0, 0.05) is 28.5 Å². The van der Waals surface area contributed by atoms with E-state index in [0.717, 1.165) is 12.8 Å². The molecule has 1 aliphatic rings. The second-order valence-electron chi connectivity index (χ2n) is 6.21. The van der Waals surface area contributed by atoms with Gasteiger partial charge in [0.2, 0.25) is 0 Å². The lowest BCUT2D eigenvalue weighted by atomic mass is 10.1. The van der Waals surface area contributed by atoms with E-state index in [1.807, 2.05) is 0 Å². The second kappa shape index (κ2) is 8.35. The van der Waals surface area contributed by atoms with Crippen molar-refractivity contribution in [1.29, 1.82) is 0 Å². The Labute approximate surface area is 157 Å². The van der Waals surface area contributed by atoms with Crippen molar-refractivity contribution in [3.8, 4) is 0 Å². The Hall–Kier alpha value is -3.35. The molecule has 0 heterocycles. The summed E-state index contributed by atoms with van der Waals surface area (Å²) in [5, 5.41) is 8.25. The summed E-state index contributed by atoms with van der Waals surface area (Å²) in [7, 11) is 0. The Kier molecular flexibility index (Phi) is 5.71. The number of rotatable bonds is 6. The first-order chi connectivity index (χ1) is 13.0. The lowest BCUT2D eigenvalue weighted by Gasteiger charge is -2.09. The highest BCUT2D eigenvalue weighted by Gasteiger charge is 2.23. The Morgan fingerprint density at radius 2 is 1.67 bits per heavy atom. The molecule has 0 aliphatic heterocycles. The molecule has 7 nitrogen and oxygen atoms in total. The van der Waals surface area contributed by atoms with Gasteiger partial charge in [0.15, 0.2) is 0 Å². The molecule has 1 saturated carbocycles. The fourth-order valence-electron chi connectivity index (χ4n) is 2.43. The molecule has 0 unspecified atom stereocenters. The van der Waals surface area contributed by atoms with Gasteiger partial charge in [-0.05, 0) is 62.2 Å². The van der Waals surface area contributed by atoms with Crippen molar-refractivity contribution in [2.75, 3.05) is 17.2 Å². The van der Waals surface area contributed by atoms with Crippen molar-refractivity contribution >= 4 is 29.3 Å². The summed E-state index contributed by atoms with van der Waals surface area (Å²) in [6.07, 6.45) is 1.49. The van der Waals surface area contributed by atoms with Gasteiger partial charge in [0.1, 0.15) is 0 Å². The number of amides is 3. The van der Waals surface area contributed by atoms with E-state index < -0.39 is 6.09 Å². The summed E-state index contributed by atoms with van der Waals surface area (Å²) < 4.78 is 4.80. The van der Waals surface area contributed by atoms with Crippen molar-refractivity contribution in [3.63, 3.8) is 0 Å². The molecule has 3 rings (SSSR count). The van der Waals surface area contributed by atoms with Crippen LogP contribution in [0.2, 0.25) is 0 Å². The van der Waals surface area contributed by atoms with Crippen LogP contribution in [0.25, 0.3) is 0 Å². The number of hydrogen-bond donors (Lipinski definition) is 3. The van der Waals surface area contributed by atoms with E-state index in [2.05, 4.69) is 16.0 Å². The van der Waals surface area contributed by atoms with Crippen molar-refractivity contribution in [3.05, 3.63) is 59.7 Å². The third-order valence-corrected chi connectivity index (χ3v) is 3.96. The molecule has 7 heteroatoms. The van der Waals surface area contributed by atoms with E-state index in [-0.39, 0.29) is 24.5 Å². The molecule has 27 heavy (non-hydrogen) atoms. The minimum absolute atomic E-state index is 0.136. The third-order valence-electron chi connectivity index (χ3n) is 3.96. The predicted molar refractivity (Wildman–Crippen MR) is 102 cm³/mol. The van der Waals surface area contributed by atoms with Crippen LogP contribution in [0.1, 0.15) is 40.5 Å². The maximum atomic E-state index is 12.4. The summed E-state index contributed by atoms with van der Waals surface area (Å²) in [6, 6.07) is 13.5. The van der Waals surface area contributed by atoms with Crippen molar-refractivity contribution in [2.24, 2.45) is 0 Å². The standard InChI is InChI=1S/C20H21N3O4/c1-2-27-20(26)23-16-8-6-13(7-9-16)18(24)22-17-5-3-4-14(12-17)19(25)21-15-10-11-15/h3-9,12,15H,2,10-11H2,1H3,(H,21,25)(H,22,24)(H,23,26). The monoisotopic (exact) mass is 367 g/mol. The van der Waals surface area contributed by atoms with Crippen molar-refractivity contribution < 1.29 is 19.1 Å². The summed E-state index contributed by atoms with van der Waals surface area (Å²) in [6.45, 7) is 2.00. The number of benzene rings is 2. The zero-order chi connectivity index (χ0) is 19.2. The number of carbonyl (C=O) groups excluding carboxylic acids is 3. The lowest BCUT2D eigenvalue weighted by molar-refractivity contribution is 0.0949. The number of nitrogens with one attached hydrogen (secondary N) is 3. The minimum Gasteiger partial charge on any atom is -0.450 e. The predicted octanol–water partition coefficient (Wildman–Crippen LogP) is 3.40. The first kappa shape index (κ1) is 18.4. The Morgan fingerprint density at radius 1 is 0.926 bits per heavy atom. The van der Waals surface area contributed by atoms with Gasteiger partial charge in [-0.25, -0.2) is 4.79 Å². The van der Waals surface area contributed by atoms with Crippen LogP contribution in [0.5, 0.6) is 0 Å². The fourth-order valence-corrected chi connectivity index (χ4v) is 2.43. The van der Waals surface area contributed by atoms with Gasteiger partial charge in [0.05, 0.1) is 6.61 Å². The molecule has 0 aromatic heterocycles. The van der Waals surface area contributed by atoms with E-state index in [1.165, 1.54) is 0 Å². The van der Waals surface area contributed by atoms with Crippen molar-refractivity contribution in [1.82, 2.24) is 5.32 Å². The molecule has 0 bridgehead atoms. The highest BCUT2D eigenvalue weighted by molar-refractivity contribution is 6.05. The molecule has 0 radical (unpaired) electrons. The lowest BCUT2D eigenvalue weighted by Crippen LogP contribution is -2.25. The van der Waals surface area contributed by atoms with Gasteiger partial charge in [0.25, 0.3) is 11.8 Å². The summed E-state index contributed by atoms with van der Waals surface area (Å²) >= 11 is 0. The average molecular weight is 367 g/mol. The van der Waals surface area contributed by atoms with Crippen LogP contribution < -0.4 is 16.0 Å². The molecule has 2 aromatic rings. The highest BCUT2D eigenvalue weighted by Crippen LogP contribution is 2.20. The molecule has 140 valence electrons. The van der Waals surface area contributed by atoms with Gasteiger partial charge in [-0.2, -0.15) is 0 Å². The van der Waals surface area contributed by atoms with Gasteiger partial charge in [-0.15, -0.1) is 0 Å². The van der Waals surface area contributed by atoms with Gasteiger partial charge < -0.3 is 15.4 Å². The molecule has 1 aliphatic carbocycles. The summed E-state index contributed by atoms with van der Waals surface area (Å²) in [4.78, 5) is 35.9. The Morgan fingerprint density at radius 3 is 2.33 bits per heavy atom. The van der Waals surface area contributed by atoms with E-state index >= 15 is 0 Å². The first-order valence-electron chi connectivity index (χ1n) is 8.81. The van der Waals surface area contributed by atoms with Crippen LogP contribution in [0.4, 0.5) is 16.2 Å². The minimum atomic E-state index is -0.545. The third kappa shape index (κ3) is 5.31. The topological polar surface area (TPSA) is 96.5 Å². The quantitative estimate of drug-likeness (QED) is 0.729. The number of anilines is 2. The van der Waals surface area contributed by atoms with E-state index in [9.17, 15) is 14.4 Å². The Bertz CT molecular complexity index is 845. The average Bonchev–Trinajstić information content (AvgIpc) is 3.46. The SMILES string of the molecule is CCOC(=O)Nc1ccc(C(=O)Nc2cccc(C(=O)NC3CC3)c2)cc1. The molecule has 3 amide bonds. The Balaban J connectivity index is 1.61. The number of hydrogen-bond acceptors (Lipinski definition) is 4. The molecule has 0 saturated heterocycles. The molecule has 0 spiro atoms. The highest BCUT2D eigenvalue weighted by atomic mass is 16.5. The maximum absolute atomic E-state index is 12.4. The van der Waals surface area contributed by atoms with Crippen LogP contribution in [0.3, 0.4) is 0 Å². The van der Waals surface area contributed by atoms with Crippen LogP contribution in [0, 0.1) is 0 Å². The molecule has 2 aromatic carbocycles. The van der Waals surface area contributed by atoms with Gasteiger partial charge >= 0.3 is 6.09 Å². The van der Waals surface area contributed by atoms with E-state index in [0.29, 0.717) is 22.5 Å². The number of ether oxygens (including phenoxy) is 1. The smallest absolute Gasteiger partial charge is 0.411 e. The first-order valence-corrected chi connectivity index (χ1v) is 8.81.